The summed E-state index contributed by atoms with van der Waals surface area (Å²) in [6.45, 7) is 28.5. The van der Waals surface area contributed by atoms with E-state index in [0.29, 0.717) is 0 Å². The lowest BCUT2D eigenvalue weighted by Gasteiger charge is -2.42. The summed E-state index contributed by atoms with van der Waals surface area (Å²) in [5.41, 5.74) is 17.1. The lowest BCUT2D eigenvalue weighted by atomic mass is 9.44. The standard InChI is InChI=1S/C58H57BN2/c1-55(2,3)35-29-36(56(4,5)6)31-37(30-35)60-48-33-45-44(51(57(7,8)9)40-23-15-16-24-41(40)52(45)58(10,11)12)32-46(48)59-53-49(60)28-34-20-13-14-21-38(34)50(53)43-26-19-25-42-39-22-17-18-27-47(39)61(59)54(42)43/h13-33H,1-12H3. The summed E-state index contributed by atoms with van der Waals surface area (Å²) < 4.78 is 2.72. The topological polar surface area (TPSA) is 8.17 Å². The second kappa shape index (κ2) is 12.4. The number of para-hydroxylation sites is 2. The average Bonchev–Trinajstić information content (AvgIpc) is 3.53. The van der Waals surface area contributed by atoms with Gasteiger partial charge in [-0.15, -0.1) is 0 Å². The van der Waals surface area contributed by atoms with Crippen LogP contribution >= 0.6 is 0 Å². The first-order valence-corrected chi connectivity index (χ1v) is 22.4. The Morgan fingerprint density at radius 2 is 0.967 bits per heavy atom. The average molecular weight is 793 g/mol. The summed E-state index contributed by atoms with van der Waals surface area (Å²) >= 11 is 0. The highest BCUT2D eigenvalue weighted by Gasteiger charge is 2.44. The SMILES string of the molecule is CC(C)(C)c1cc(N2c3cc4c(C(C)(C)C)c5ccccc5c(C(C)(C)C)c4cc3B3c4c2cc2ccccc2c4-c2cccc4c5ccccc5n3c24)cc(C(C)(C)C)c1. The fourth-order valence-electron chi connectivity index (χ4n) is 11.3. The van der Waals surface area contributed by atoms with Gasteiger partial charge in [-0.3, -0.25) is 0 Å². The van der Waals surface area contributed by atoms with Gasteiger partial charge >= 0.3 is 6.85 Å². The number of hydrogen-bond donors (Lipinski definition) is 0. The Bertz CT molecular complexity index is 3320. The third kappa shape index (κ3) is 5.41. The van der Waals surface area contributed by atoms with E-state index in [1.807, 2.05) is 0 Å². The van der Waals surface area contributed by atoms with Crippen LogP contribution in [0.15, 0.2) is 127 Å². The van der Waals surface area contributed by atoms with Crippen LogP contribution in [0, 0.1) is 0 Å². The first kappa shape index (κ1) is 38.2. The van der Waals surface area contributed by atoms with Gasteiger partial charge in [0.25, 0.3) is 0 Å². The second-order valence-corrected chi connectivity index (χ2v) is 22.3. The molecule has 0 fully saturated rings. The van der Waals surface area contributed by atoms with E-state index in [1.54, 1.807) is 0 Å². The zero-order valence-corrected chi connectivity index (χ0v) is 38.1. The molecule has 61 heavy (non-hydrogen) atoms. The van der Waals surface area contributed by atoms with Crippen molar-refractivity contribution in [2.45, 2.75) is 105 Å². The predicted molar refractivity (Wildman–Crippen MR) is 267 cm³/mol. The molecule has 2 aliphatic rings. The van der Waals surface area contributed by atoms with Crippen LogP contribution in [0.2, 0.25) is 0 Å². The molecule has 0 saturated carbocycles. The van der Waals surface area contributed by atoms with Gasteiger partial charge in [0.05, 0.1) is 0 Å². The van der Waals surface area contributed by atoms with E-state index in [9.17, 15) is 0 Å². The van der Waals surface area contributed by atoms with Gasteiger partial charge in [0, 0.05) is 44.4 Å². The van der Waals surface area contributed by atoms with Crippen molar-refractivity contribution in [3.8, 4) is 11.1 Å². The van der Waals surface area contributed by atoms with Crippen LogP contribution in [-0.2, 0) is 21.7 Å². The molecule has 0 atom stereocenters. The molecule has 0 saturated heterocycles. The van der Waals surface area contributed by atoms with E-state index < -0.39 is 0 Å². The van der Waals surface area contributed by atoms with E-state index in [0.717, 1.165) is 0 Å². The summed E-state index contributed by atoms with van der Waals surface area (Å²) in [5, 5.41) is 10.7. The molecule has 8 aromatic carbocycles. The van der Waals surface area contributed by atoms with Crippen molar-refractivity contribution < 1.29 is 0 Å². The highest BCUT2D eigenvalue weighted by Crippen LogP contribution is 2.51. The largest absolute Gasteiger partial charge is 0.375 e. The van der Waals surface area contributed by atoms with Crippen LogP contribution in [0.3, 0.4) is 0 Å². The quantitative estimate of drug-likeness (QED) is 0.119. The van der Waals surface area contributed by atoms with Crippen molar-refractivity contribution in [3.05, 3.63) is 150 Å². The van der Waals surface area contributed by atoms with Gasteiger partial charge in [-0.05, 0) is 123 Å². The maximum absolute atomic E-state index is 2.72. The Morgan fingerprint density at radius 3 is 1.57 bits per heavy atom. The smallest absolute Gasteiger partial charge is 0.333 e. The van der Waals surface area contributed by atoms with Crippen LogP contribution < -0.4 is 15.8 Å². The molecule has 9 aromatic rings. The monoisotopic (exact) mass is 792 g/mol. The molecule has 2 aliphatic heterocycles. The van der Waals surface area contributed by atoms with Gasteiger partial charge in [0.1, 0.15) is 0 Å². The summed E-state index contributed by atoms with van der Waals surface area (Å²) in [4.78, 5) is 2.68. The van der Waals surface area contributed by atoms with E-state index in [2.05, 4.69) is 220 Å². The minimum absolute atomic E-state index is 0.0438. The van der Waals surface area contributed by atoms with Crippen LogP contribution in [0.1, 0.15) is 105 Å². The molecule has 3 heteroatoms. The van der Waals surface area contributed by atoms with Gasteiger partial charge in [-0.25, -0.2) is 0 Å². The number of aromatic nitrogens is 1. The third-order valence-corrected chi connectivity index (χ3v) is 14.0. The number of benzene rings is 8. The van der Waals surface area contributed by atoms with Gasteiger partial charge in [-0.2, -0.15) is 0 Å². The maximum atomic E-state index is 2.72. The van der Waals surface area contributed by atoms with Crippen molar-refractivity contribution in [1.82, 2.24) is 4.48 Å². The van der Waals surface area contributed by atoms with Crippen molar-refractivity contribution >= 4 is 89.0 Å². The van der Waals surface area contributed by atoms with E-state index >= 15 is 0 Å². The van der Waals surface area contributed by atoms with Gasteiger partial charge < -0.3 is 9.38 Å². The van der Waals surface area contributed by atoms with Crippen molar-refractivity contribution in [2.24, 2.45) is 0 Å². The molecule has 302 valence electrons. The minimum Gasteiger partial charge on any atom is -0.375 e. The predicted octanol–water partition coefficient (Wildman–Crippen LogP) is 14.9. The van der Waals surface area contributed by atoms with Crippen molar-refractivity contribution in [3.63, 3.8) is 0 Å². The molecule has 0 spiro atoms. The van der Waals surface area contributed by atoms with Crippen LogP contribution in [0.25, 0.3) is 65.3 Å². The molecular weight excluding hydrogens is 735 g/mol. The molecule has 0 bridgehead atoms. The number of rotatable bonds is 1. The van der Waals surface area contributed by atoms with Crippen molar-refractivity contribution in [2.75, 3.05) is 4.90 Å². The van der Waals surface area contributed by atoms with E-state index in [4.69, 9.17) is 0 Å². The van der Waals surface area contributed by atoms with Gasteiger partial charge in [0.15, 0.2) is 0 Å². The minimum atomic E-state index is -0.110. The zero-order chi connectivity index (χ0) is 42.7. The van der Waals surface area contributed by atoms with Gasteiger partial charge in [0.2, 0.25) is 0 Å². The highest BCUT2D eigenvalue weighted by atomic mass is 15.2. The molecule has 1 aromatic heterocycles. The number of fused-ring (bicyclic) bond motifs is 11. The summed E-state index contributed by atoms with van der Waals surface area (Å²) in [5.74, 6) is 0. The Kier molecular flexibility index (Phi) is 7.76. The number of anilines is 3. The Labute approximate surface area is 362 Å². The third-order valence-electron chi connectivity index (χ3n) is 14.0. The van der Waals surface area contributed by atoms with Crippen LogP contribution in [0.5, 0.6) is 0 Å². The van der Waals surface area contributed by atoms with Crippen molar-refractivity contribution in [1.29, 1.82) is 0 Å². The molecule has 0 amide bonds. The molecule has 0 aliphatic carbocycles. The van der Waals surface area contributed by atoms with Gasteiger partial charge in [-0.1, -0.05) is 180 Å². The fourth-order valence-corrected chi connectivity index (χ4v) is 11.3. The summed E-state index contributed by atoms with van der Waals surface area (Å²) in [6.07, 6.45) is 0. The lowest BCUT2D eigenvalue weighted by Crippen LogP contribution is -2.56. The van der Waals surface area contributed by atoms with Crippen LogP contribution in [-0.4, -0.2) is 11.3 Å². The number of nitrogens with zero attached hydrogens (tertiary/aromatic N) is 2. The first-order chi connectivity index (χ1) is 28.8. The summed E-state index contributed by atoms with van der Waals surface area (Å²) in [7, 11) is 0. The van der Waals surface area contributed by atoms with Crippen LogP contribution in [0.4, 0.5) is 17.1 Å². The highest BCUT2D eigenvalue weighted by molar-refractivity contribution is 6.90. The molecule has 11 rings (SSSR count). The molecular formula is C58H57BN2. The Morgan fingerprint density at radius 1 is 0.426 bits per heavy atom. The molecule has 0 unspecified atom stereocenters. The molecule has 3 heterocycles. The zero-order valence-electron chi connectivity index (χ0n) is 38.1. The first-order valence-electron chi connectivity index (χ1n) is 22.4. The van der Waals surface area contributed by atoms with E-state index in [1.165, 1.54) is 115 Å². The Balaban J connectivity index is 1.41. The molecule has 2 nitrogen and oxygen atoms in total. The molecule has 0 N–H and O–H groups in total. The Hall–Kier alpha value is -5.80. The normalized spacial score (nSPS) is 14.2. The summed E-state index contributed by atoms with van der Waals surface area (Å²) in [6, 6.07) is 49.7. The number of hydrogen-bond acceptors (Lipinski definition) is 1. The maximum Gasteiger partial charge on any atom is 0.333 e. The lowest BCUT2D eigenvalue weighted by molar-refractivity contribution is 0.569. The molecule has 0 radical (unpaired) electrons. The second-order valence-electron chi connectivity index (χ2n) is 22.3. The fraction of sp³-hybridized carbons (Fsp3) is 0.276. The van der Waals surface area contributed by atoms with E-state index in [-0.39, 0.29) is 28.5 Å².